The second-order valence-corrected chi connectivity index (χ2v) is 10.1. The van der Waals surface area contributed by atoms with Gasteiger partial charge in [0.05, 0.1) is 17.3 Å². The first-order chi connectivity index (χ1) is 15.5. The molecule has 166 valence electrons. The summed E-state index contributed by atoms with van der Waals surface area (Å²) in [6.45, 7) is 4.05. The van der Waals surface area contributed by atoms with Crippen LogP contribution in [-0.2, 0) is 11.2 Å². The van der Waals surface area contributed by atoms with E-state index in [0.29, 0.717) is 6.54 Å². The SMILES string of the molecule is CC(=O)c1ccc(-c2ccc3c4c(ccc3c2)O[C@H](CNC(=O)[C@H]2CCCN(C)C2)C4)s1. The van der Waals surface area contributed by atoms with Gasteiger partial charge in [0.25, 0.3) is 0 Å². The predicted octanol–water partition coefficient (Wildman–Crippen LogP) is 4.53. The van der Waals surface area contributed by atoms with Crippen molar-refractivity contribution >= 4 is 33.8 Å². The van der Waals surface area contributed by atoms with E-state index >= 15 is 0 Å². The molecule has 2 atom stereocenters. The van der Waals surface area contributed by atoms with Crippen LogP contribution in [0.25, 0.3) is 21.2 Å². The Kier molecular flexibility index (Phi) is 5.74. The zero-order valence-corrected chi connectivity index (χ0v) is 19.3. The Bertz CT molecular complexity index is 1190. The smallest absolute Gasteiger partial charge is 0.224 e. The highest BCUT2D eigenvalue weighted by atomic mass is 32.1. The monoisotopic (exact) mass is 448 g/mol. The number of nitrogens with one attached hydrogen (secondary N) is 1. The first kappa shape index (κ1) is 21.2. The van der Waals surface area contributed by atoms with Crippen LogP contribution in [-0.4, -0.2) is 49.4 Å². The molecule has 0 bridgehead atoms. The topological polar surface area (TPSA) is 58.6 Å². The molecule has 3 aromatic rings. The summed E-state index contributed by atoms with van der Waals surface area (Å²) in [6, 6.07) is 14.5. The number of hydrogen-bond acceptors (Lipinski definition) is 5. The van der Waals surface area contributed by atoms with Gasteiger partial charge in [0, 0.05) is 23.4 Å². The molecule has 32 heavy (non-hydrogen) atoms. The van der Waals surface area contributed by atoms with Crippen LogP contribution < -0.4 is 10.1 Å². The van der Waals surface area contributed by atoms with Gasteiger partial charge >= 0.3 is 0 Å². The summed E-state index contributed by atoms with van der Waals surface area (Å²) >= 11 is 1.53. The van der Waals surface area contributed by atoms with Gasteiger partial charge in [0.15, 0.2) is 5.78 Å². The molecule has 5 nitrogen and oxygen atoms in total. The molecule has 1 saturated heterocycles. The fourth-order valence-corrected chi connectivity index (χ4v) is 5.73. The standard InChI is InChI=1S/C26H28N2O3S/c1-16(29)24-9-10-25(32-24)18-5-7-21-17(12-18)6-8-23-22(21)13-20(31-23)14-27-26(30)19-4-3-11-28(2)15-19/h5-10,12,19-20H,3-4,11,13-15H2,1-2H3,(H,27,30)/t19-,20-/m0/s1. The molecule has 1 amide bonds. The Labute approximate surface area is 192 Å². The third-order valence-corrected chi connectivity index (χ3v) is 7.79. The fourth-order valence-electron chi connectivity index (χ4n) is 4.83. The lowest BCUT2D eigenvalue weighted by molar-refractivity contribution is -0.126. The van der Waals surface area contributed by atoms with Crippen molar-refractivity contribution in [3.8, 4) is 16.2 Å². The molecule has 0 aliphatic carbocycles. The third kappa shape index (κ3) is 4.17. The van der Waals surface area contributed by atoms with Gasteiger partial charge in [-0.25, -0.2) is 0 Å². The molecule has 5 rings (SSSR count). The molecule has 0 unspecified atom stereocenters. The molecule has 6 heteroatoms. The number of likely N-dealkylation sites (tertiary alicyclic amines) is 1. The molecule has 3 heterocycles. The summed E-state index contributed by atoms with van der Waals surface area (Å²) in [5, 5.41) is 5.48. The van der Waals surface area contributed by atoms with E-state index in [9.17, 15) is 9.59 Å². The summed E-state index contributed by atoms with van der Waals surface area (Å²) in [6.07, 6.45) is 2.81. The highest BCUT2D eigenvalue weighted by Crippen LogP contribution is 2.37. The summed E-state index contributed by atoms with van der Waals surface area (Å²) in [5.41, 5.74) is 2.33. The number of fused-ring (bicyclic) bond motifs is 3. The fraction of sp³-hybridized carbons (Fsp3) is 0.385. The second-order valence-electron chi connectivity index (χ2n) is 8.99. The minimum Gasteiger partial charge on any atom is -0.488 e. The maximum atomic E-state index is 12.6. The number of hydrogen-bond donors (Lipinski definition) is 1. The number of rotatable bonds is 5. The lowest BCUT2D eigenvalue weighted by Gasteiger charge is -2.29. The van der Waals surface area contributed by atoms with Crippen LogP contribution in [0.1, 0.15) is 35.0 Å². The Morgan fingerprint density at radius 3 is 2.84 bits per heavy atom. The number of ether oxygens (including phenoxy) is 1. The van der Waals surface area contributed by atoms with Crippen molar-refractivity contribution in [2.75, 3.05) is 26.7 Å². The molecule has 2 aromatic carbocycles. The minimum absolute atomic E-state index is 0.0315. The number of benzene rings is 2. The average Bonchev–Trinajstić information content (AvgIpc) is 3.44. The third-order valence-electron chi connectivity index (χ3n) is 6.55. The lowest BCUT2D eigenvalue weighted by atomic mass is 9.97. The number of thiophene rings is 1. The van der Waals surface area contributed by atoms with E-state index in [1.54, 1.807) is 6.92 Å². The Morgan fingerprint density at radius 2 is 2.06 bits per heavy atom. The summed E-state index contributed by atoms with van der Waals surface area (Å²) < 4.78 is 6.16. The molecule has 1 fully saturated rings. The van der Waals surface area contributed by atoms with Gasteiger partial charge in [-0.2, -0.15) is 0 Å². The molecule has 0 spiro atoms. The minimum atomic E-state index is -0.0315. The van der Waals surface area contributed by atoms with Crippen LogP contribution in [0, 0.1) is 5.92 Å². The van der Waals surface area contributed by atoms with E-state index < -0.39 is 0 Å². The van der Waals surface area contributed by atoms with Crippen LogP contribution in [0.5, 0.6) is 5.75 Å². The summed E-state index contributed by atoms with van der Waals surface area (Å²) in [7, 11) is 2.08. The van der Waals surface area contributed by atoms with E-state index in [2.05, 4.69) is 41.5 Å². The van der Waals surface area contributed by atoms with Crippen LogP contribution in [0.4, 0.5) is 0 Å². The van der Waals surface area contributed by atoms with Crippen molar-refractivity contribution in [1.29, 1.82) is 0 Å². The summed E-state index contributed by atoms with van der Waals surface area (Å²) in [4.78, 5) is 28.3. The summed E-state index contributed by atoms with van der Waals surface area (Å²) in [5.74, 6) is 1.24. The van der Waals surface area contributed by atoms with Crippen LogP contribution in [0.15, 0.2) is 42.5 Å². The number of carbonyl (C=O) groups is 2. The number of piperidine rings is 1. The molecular formula is C26H28N2O3S. The highest BCUT2D eigenvalue weighted by molar-refractivity contribution is 7.17. The van der Waals surface area contributed by atoms with Gasteiger partial charge in [-0.05, 0) is 74.0 Å². The van der Waals surface area contributed by atoms with Crippen molar-refractivity contribution in [3.05, 3.63) is 52.9 Å². The molecule has 2 aliphatic heterocycles. The van der Waals surface area contributed by atoms with Crippen LogP contribution in [0.2, 0.25) is 0 Å². The quantitative estimate of drug-likeness (QED) is 0.583. The van der Waals surface area contributed by atoms with E-state index in [0.717, 1.165) is 58.8 Å². The molecule has 2 aliphatic rings. The van der Waals surface area contributed by atoms with Crippen molar-refractivity contribution < 1.29 is 14.3 Å². The van der Waals surface area contributed by atoms with E-state index in [4.69, 9.17) is 4.74 Å². The van der Waals surface area contributed by atoms with Crippen molar-refractivity contribution in [2.45, 2.75) is 32.3 Å². The Hall–Kier alpha value is -2.70. The largest absolute Gasteiger partial charge is 0.488 e. The highest BCUT2D eigenvalue weighted by Gasteiger charge is 2.28. The van der Waals surface area contributed by atoms with Gasteiger partial charge in [-0.15, -0.1) is 11.3 Å². The second kappa shape index (κ2) is 8.68. The molecule has 1 aromatic heterocycles. The molecular weight excluding hydrogens is 420 g/mol. The van der Waals surface area contributed by atoms with Gasteiger partial charge in [-0.1, -0.05) is 18.2 Å². The molecule has 1 N–H and O–H groups in total. The zero-order valence-electron chi connectivity index (χ0n) is 18.5. The maximum Gasteiger partial charge on any atom is 0.224 e. The number of amides is 1. The van der Waals surface area contributed by atoms with E-state index in [1.807, 2.05) is 18.2 Å². The molecule has 0 radical (unpaired) electrons. The van der Waals surface area contributed by atoms with E-state index in [1.165, 1.54) is 22.3 Å². The maximum absolute atomic E-state index is 12.6. The van der Waals surface area contributed by atoms with Crippen molar-refractivity contribution in [2.24, 2.45) is 5.92 Å². The zero-order chi connectivity index (χ0) is 22.2. The van der Waals surface area contributed by atoms with E-state index in [-0.39, 0.29) is 23.7 Å². The van der Waals surface area contributed by atoms with Gasteiger partial charge in [0.2, 0.25) is 5.91 Å². The van der Waals surface area contributed by atoms with Crippen LogP contribution in [0.3, 0.4) is 0 Å². The van der Waals surface area contributed by atoms with Crippen molar-refractivity contribution in [1.82, 2.24) is 10.2 Å². The van der Waals surface area contributed by atoms with Gasteiger partial charge in [-0.3, -0.25) is 9.59 Å². The van der Waals surface area contributed by atoms with Crippen molar-refractivity contribution in [3.63, 3.8) is 0 Å². The van der Waals surface area contributed by atoms with Crippen LogP contribution >= 0.6 is 11.3 Å². The first-order valence-electron chi connectivity index (χ1n) is 11.3. The lowest BCUT2D eigenvalue weighted by Crippen LogP contribution is -2.44. The number of Topliss-reactive ketones (excluding diaryl/α,β-unsaturated/α-hetero) is 1. The number of carbonyl (C=O) groups excluding carboxylic acids is 2. The average molecular weight is 449 g/mol. The first-order valence-corrected chi connectivity index (χ1v) is 12.1. The Morgan fingerprint density at radius 1 is 1.19 bits per heavy atom. The van der Waals surface area contributed by atoms with Gasteiger partial charge < -0.3 is 15.0 Å². The van der Waals surface area contributed by atoms with Gasteiger partial charge in [0.1, 0.15) is 11.9 Å². The predicted molar refractivity (Wildman–Crippen MR) is 129 cm³/mol. The normalized spacial score (nSPS) is 20.7. The molecule has 0 saturated carbocycles. The Balaban J connectivity index is 1.28. The number of nitrogens with zero attached hydrogens (tertiary/aromatic N) is 1. The number of ketones is 1.